The van der Waals surface area contributed by atoms with Crippen LogP contribution in [0.25, 0.3) is 11.0 Å². The van der Waals surface area contributed by atoms with Crippen LogP contribution in [0.5, 0.6) is 5.75 Å². The van der Waals surface area contributed by atoms with Gasteiger partial charge < -0.3 is 14.0 Å². The van der Waals surface area contributed by atoms with E-state index in [1.807, 2.05) is 12.1 Å². The molecular weight excluding hydrogens is 411 g/mol. The van der Waals surface area contributed by atoms with E-state index in [9.17, 15) is 14.4 Å². The molecule has 2 atom stereocenters. The van der Waals surface area contributed by atoms with Gasteiger partial charge in [0.05, 0.1) is 48.3 Å². The number of ether oxygens (including phenoxy) is 2. The number of halogens is 1. The van der Waals surface area contributed by atoms with Crippen LogP contribution in [0.4, 0.5) is 14.9 Å². The summed E-state index contributed by atoms with van der Waals surface area (Å²) in [5.74, 6) is 0.291. The highest BCUT2D eigenvalue weighted by Crippen LogP contribution is 2.43. The molecule has 1 aliphatic heterocycles. The Morgan fingerprint density at radius 1 is 1.34 bits per heavy atom. The second-order valence-corrected chi connectivity index (χ2v) is 8.63. The van der Waals surface area contributed by atoms with E-state index in [0.29, 0.717) is 30.0 Å². The molecule has 0 bridgehead atoms. The van der Waals surface area contributed by atoms with E-state index in [-0.39, 0.29) is 5.92 Å². The second kappa shape index (κ2) is 7.83. The molecular formula is C24H23FN4O3. The van der Waals surface area contributed by atoms with Crippen LogP contribution < -0.4 is 9.64 Å². The number of methoxy groups -OCH3 is 1. The molecule has 1 aromatic heterocycles. The fourth-order valence-electron chi connectivity index (χ4n) is 5.07. The monoisotopic (exact) mass is 434 g/mol. The first-order chi connectivity index (χ1) is 15.5. The van der Waals surface area contributed by atoms with Crippen LogP contribution in [-0.4, -0.2) is 34.9 Å². The maximum absolute atomic E-state index is 13.9. The van der Waals surface area contributed by atoms with Crippen molar-refractivity contribution in [1.82, 2.24) is 9.55 Å². The Balaban J connectivity index is 1.37. The number of amides is 1. The SMILES string of the molecule is COc1ccc(F)cc1N1C[C@@]2(CCC[C@H](Cn3cnc4ccc(C#N)cc43)C2)OC1=O. The number of nitriles is 1. The van der Waals surface area contributed by atoms with Gasteiger partial charge in [0.25, 0.3) is 0 Å². The fourth-order valence-corrected chi connectivity index (χ4v) is 5.07. The predicted octanol–water partition coefficient (Wildman–Crippen LogP) is 4.64. The first-order valence-corrected chi connectivity index (χ1v) is 10.7. The van der Waals surface area contributed by atoms with Gasteiger partial charge in [-0.15, -0.1) is 0 Å². The molecule has 1 spiro atoms. The Labute approximate surface area is 185 Å². The third-order valence-corrected chi connectivity index (χ3v) is 6.51. The maximum Gasteiger partial charge on any atom is 0.415 e. The van der Waals surface area contributed by atoms with Gasteiger partial charge in [-0.05, 0) is 61.9 Å². The van der Waals surface area contributed by atoms with E-state index in [4.69, 9.17) is 9.47 Å². The number of hydrogen-bond acceptors (Lipinski definition) is 5. The predicted molar refractivity (Wildman–Crippen MR) is 116 cm³/mol. The van der Waals surface area contributed by atoms with Crippen molar-refractivity contribution in [2.75, 3.05) is 18.6 Å². The number of nitrogens with zero attached hydrogens (tertiary/aromatic N) is 4. The summed E-state index contributed by atoms with van der Waals surface area (Å²) in [6, 6.07) is 11.8. The number of hydrogen-bond donors (Lipinski definition) is 0. The number of carbonyl (C=O) groups is 1. The van der Waals surface area contributed by atoms with Crippen molar-refractivity contribution in [1.29, 1.82) is 5.26 Å². The van der Waals surface area contributed by atoms with Gasteiger partial charge in [-0.3, -0.25) is 4.90 Å². The van der Waals surface area contributed by atoms with E-state index >= 15 is 0 Å². The molecule has 1 aliphatic carbocycles. The molecule has 0 N–H and O–H groups in total. The first-order valence-electron chi connectivity index (χ1n) is 10.7. The summed E-state index contributed by atoms with van der Waals surface area (Å²) >= 11 is 0. The van der Waals surface area contributed by atoms with Crippen LogP contribution in [0.3, 0.4) is 0 Å². The zero-order valence-corrected chi connectivity index (χ0v) is 17.8. The number of anilines is 1. The largest absolute Gasteiger partial charge is 0.495 e. The van der Waals surface area contributed by atoms with Crippen molar-refractivity contribution >= 4 is 22.8 Å². The normalized spacial score (nSPS) is 22.8. The molecule has 1 saturated heterocycles. The first kappa shape index (κ1) is 20.3. The maximum atomic E-state index is 13.9. The fraction of sp³-hybridized carbons (Fsp3) is 0.375. The van der Waals surface area contributed by atoms with Crippen molar-refractivity contribution in [3.63, 3.8) is 0 Å². The topological polar surface area (TPSA) is 80.4 Å². The Bertz CT molecular complexity index is 1230. The highest BCUT2D eigenvalue weighted by Gasteiger charge is 2.49. The lowest BCUT2D eigenvalue weighted by molar-refractivity contribution is 0.00439. The zero-order chi connectivity index (χ0) is 22.3. The molecule has 0 unspecified atom stereocenters. The van der Waals surface area contributed by atoms with Crippen molar-refractivity contribution < 1.29 is 18.7 Å². The van der Waals surface area contributed by atoms with E-state index < -0.39 is 17.5 Å². The van der Waals surface area contributed by atoms with Gasteiger partial charge in [0.1, 0.15) is 17.2 Å². The summed E-state index contributed by atoms with van der Waals surface area (Å²) in [7, 11) is 1.50. The number of rotatable bonds is 4. The number of aromatic nitrogens is 2. The smallest absolute Gasteiger partial charge is 0.415 e. The van der Waals surface area contributed by atoms with Crippen LogP contribution in [0.2, 0.25) is 0 Å². The summed E-state index contributed by atoms with van der Waals surface area (Å²) in [6.07, 6.45) is 4.76. The molecule has 2 aromatic carbocycles. The van der Waals surface area contributed by atoms with Crippen LogP contribution in [-0.2, 0) is 11.3 Å². The van der Waals surface area contributed by atoms with E-state index in [1.54, 1.807) is 12.4 Å². The van der Waals surface area contributed by atoms with Crippen molar-refractivity contribution in [2.45, 2.75) is 37.8 Å². The van der Waals surface area contributed by atoms with Crippen molar-refractivity contribution in [3.05, 3.63) is 54.1 Å². The average molecular weight is 434 g/mol. The molecule has 1 amide bonds. The third kappa shape index (κ3) is 3.54. The Kier molecular flexibility index (Phi) is 4.97. The number of benzene rings is 2. The van der Waals surface area contributed by atoms with Crippen LogP contribution in [0.1, 0.15) is 31.2 Å². The minimum atomic E-state index is -0.606. The molecule has 2 fully saturated rings. The number of imidazole rings is 1. The van der Waals surface area contributed by atoms with Crippen molar-refractivity contribution in [3.8, 4) is 11.8 Å². The van der Waals surface area contributed by atoms with E-state index in [0.717, 1.165) is 36.8 Å². The molecule has 8 heteroatoms. The summed E-state index contributed by atoms with van der Waals surface area (Å²) in [5.41, 5.74) is 2.17. The van der Waals surface area contributed by atoms with Crippen LogP contribution in [0.15, 0.2) is 42.7 Å². The molecule has 164 valence electrons. The molecule has 1 saturated carbocycles. The van der Waals surface area contributed by atoms with E-state index in [2.05, 4.69) is 15.6 Å². The van der Waals surface area contributed by atoms with Gasteiger partial charge in [0.2, 0.25) is 0 Å². The zero-order valence-electron chi connectivity index (χ0n) is 17.8. The third-order valence-electron chi connectivity index (χ3n) is 6.51. The van der Waals surface area contributed by atoms with Gasteiger partial charge in [0.15, 0.2) is 0 Å². The number of carbonyl (C=O) groups excluding carboxylic acids is 1. The lowest BCUT2D eigenvalue weighted by atomic mass is 9.78. The molecule has 32 heavy (non-hydrogen) atoms. The molecule has 2 aliphatic rings. The molecule has 7 nitrogen and oxygen atoms in total. The summed E-state index contributed by atoms with van der Waals surface area (Å²) < 4.78 is 27.2. The van der Waals surface area contributed by atoms with Gasteiger partial charge >= 0.3 is 6.09 Å². The summed E-state index contributed by atoms with van der Waals surface area (Å²) in [5, 5.41) is 9.22. The van der Waals surface area contributed by atoms with Gasteiger partial charge in [-0.25, -0.2) is 14.2 Å². The van der Waals surface area contributed by atoms with Crippen molar-refractivity contribution in [2.24, 2.45) is 5.92 Å². The second-order valence-electron chi connectivity index (χ2n) is 8.63. The highest BCUT2D eigenvalue weighted by molar-refractivity contribution is 5.92. The van der Waals surface area contributed by atoms with Crippen LogP contribution in [0, 0.1) is 23.1 Å². The summed E-state index contributed by atoms with van der Waals surface area (Å²) in [4.78, 5) is 18.7. The Morgan fingerprint density at radius 3 is 3.03 bits per heavy atom. The van der Waals surface area contributed by atoms with Gasteiger partial charge in [-0.2, -0.15) is 5.26 Å². The molecule has 0 radical (unpaired) electrons. The molecule has 3 aromatic rings. The standard InChI is InChI=1S/C24H23FN4O3/c1-31-22-7-5-18(25)10-21(22)29-14-24(32-23(29)30)8-2-3-17(11-24)13-28-15-27-19-6-4-16(12-26)9-20(19)28/h4-7,9-10,15,17H,2-3,8,11,13-14H2,1H3/t17-,24-/m0/s1. The lowest BCUT2D eigenvalue weighted by Gasteiger charge is -2.36. The lowest BCUT2D eigenvalue weighted by Crippen LogP contribution is -2.40. The van der Waals surface area contributed by atoms with Crippen LogP contribution >= 0.6 is 0 Å². The average Bonchev–Trinajstić information content (AvgIpc) is 3.33. The molecule has 2 heterocycles. The van der Waals surface area contributed by atoms with Gasteiger partial charge in [0, 0.05) is 12.6 Å². The number of fused-ring (bicyclic) bond motifs is 1. The highest BCUT2D eigenvalue weighted by atomic mass is 19.1. The van der Waals surface area contributed by atoms with Gasteiger partial charge in [-0.1, -0.05) is 0 Å². The Morgan fingerprint density at radius 2 is 2.22 bits per heavy atom. The molecule has 5 rings (SSSR count). The minimum absolute atomic E-state index is 0.286. The van der Waals surface area contributed by atoms with E-state index in [1.165, 1.54) is 30.2 Å². The Hall–Kier alpha value is -3.60. The summed E-state index contributed by atoms with van der Waals surface area (Å²) in [6.45, 7) is 1.10. The quantitative estimate of drug-likeness (QED) is 0.598. The minimum Gasteiger partial charge on any atom is -0.495 e.